The van der Waals surface area contributed by atoms with Crippen LogP contribution in [-0.2, 0) is 0 Å². The maximum absolute atomic E-state index is 12.6. The number of para-hydroxylation sites is 2. The highest BCUT2D eigenvalue weighted by Crippen LogP contribution is 2.20. The molecule has 1 amide bonds. The van der Waals surface area contributed by atoms with E-state index in [1.54, 1.807) is 6.20 Å². The lowest BCUT2D eigenvalue weighted by Crippen LogP contribution is -2.49. The first kappa shape index (κ1) is 13.9. The van der Waals surface area contributed by atoms with Gasteiger partial charge in [-0.3, -0.25) is 9.78 Å². The molecule has 2 unspecified atom stereocenters. The number of hydrogen-bond donors (Lipinski definition) is 1. The summed E-state index contributed by atoms with van der Waals surface area (Å²) in [6.45, 7) is 3.53. The van der Waals surface area contributed by atoms with Crippen LogP contribution in [0.2, 0.25) is 0 Å². The van der Waals surface area contributed by atoms with Crippen LogP contribution in [0, 0.1) is 5.92 Å². The molecule has 1 aromatic carbocycles. The Morgan fingerprint density at radius 1 is 1.38 bits per heavy atom. The SMILES string of the molecule is CCC1CN(C(=O)c2cnc3ccccc3n2)CCC1N. The Morgan fingerprint density at radius 2 is 2.14 bits per heavy atom. The van der Waals surface area contributed by atoms with Gasteiger partial charge in [-0.25, -0.2) is 4.98 Å². The summed E-state index contributed by atoms with van der Waals surface area (Å²) < 4.78 is 0. The second-order valence-corrected chi connectivity index (χ2v) is 5.62. The van der Waals surface area contributed by atoms with Gasteiger partial charge in [-0.05, 0) is 24.5 Å². The van der Waals surface area contributed by atoms with Crippen molar-refractivity contribution in [3.05, 3.63) is 36.2 Å². The van der Waals surface area contributed by atoms with Crippen LogP contribution < -0.4 is 5.73 Å². The van der Waals surface area contributed by atoms with E-state index in [0.29, 0.717) is 24.7 Å². The standard InChI is InChI=1S/C16H20N4O/c1-2-11-10-20(8-7-12(11)17)16(21)15-9-18-13-5-3-4-6-14(13)19-15/h3-6,9,11-12H,2,7-8,10,17H2,1H3. The molecule has 5 nitrogen and oxygen atoms in total. The molecular formula is C16H20N4O. The Labute approximate surface area is 124 Å². The summed E-state index contributed by atoms with van der Waals surface area (Å²) in [5, 5.41) is 0. The van der Waals surface area contributed by atoms with Crippen LogP contribution in [0.5, 0.6) is 0 Å². The Hall–Kier alpha value is -2.01. The molecule has 2 N–H and O–H groups in total. The quantitative estimate of drug-likeness (QED) is 0.913. The molecule has 2 heterocycles. The summed E-state index contributed by atoms with van der Waals surface area (Å²) in [5.41, 5.74) is 8.08. The molecule has 3 rings (SSSR count). The zero-order valence-electron chi connectivity index (χ0n) is 12.2. The average molecular weight is 284 g/mol. The number of benzene rings is 1. The first-order valence-electron chi connectivity index (χ1n) is 7.45. The molecule has 0 spiro atoms. The molecule has 0 saturated carbocycles. The minimum atomic E-state index is -0.0430. The lowest BCUT2D eigenvalue weighted by molar-refractivity contribution is 0.0643. The van der Waals surface area contributed by atoms with E-state index in [4.69, 9.17) is 5.73 Å². The summed E-state index contributed by atoms with van der Waals surface area (Å²) in [4.78, 5) is 23.2. The van der Waals surface area contributed by atoms with Crippen LogP contribution in [0.15, 0.2) is 30.5 Å². The van der Waals surface area contributed by atoms with Crippen molar-refractivity contribution in [2.45, 2.75) is 25.8 Å². The van der Waals surface area contributed by atoms with E-state index in [2.05, 4.69) is 16.9 Å². The second kappa shape index (κ2) is 5.77. The van der Waals surface area contributed by atoms with Crippen molar-refractivity contribution in [3.8, 4) is 0 Å². The number of fused-ring (bicyclic) bond motifs is 1. The lowest BCUT2D eigenvalue weighted by atomic mass is 9.90. The largest absolute Gasteiger partial charge is 0.337 e. The first-order chi connectivity index (χ1) is 10.2. The van der Waals surface area contributed by atoms with Crippen molar-refractivity contribution in [1.82, 2.24) is 14.9 Å². The van der Waals surface area contributed by atoms with Gasteiger partial charge in [-0.2, -0.15) is 0 Å². The molecule has 1 fully saturated rings. The second-order valence-electron chi connectivity index (χ2n) is 5.62. The van der Waals surface area contributed by atoms with Crippen molar-refractivity contribution in [2.24, 2.45) is 11.7 Å². The summed E-state index contributed by atoms with van der Waals surface area (Å²) in [6, 6.07) is 7.78. The summed E-state index contributed by atoms with van der Waals surface area (Å²) in [5.74, 6) is 0.328. The van der Waals surface area contributed by atoms with Crippen LogP contribution in [-0.4, -0.2) is 39.9 Å². The molecule has 5 heteroatoms. The Balaban J connectivity index is 1.83. The van der Waals surface area contributed by atoms with Gasteiger partial charge < -0.3 is 10.6 Å². The minimum absolute atomic E-state index is 0.0430. The summed E-state index contributed by atoms with van der Waals surface area (Å²) in [7, 11) is 0. The van der Waals surface area contributed by atoms with Crippen molar-refractivity contribution in [1.29, 1.82) is 0 Å². The van der Waals surface area contributed by atoms with Crippen LogP contribution in [0.3, 0.4) is 0 Å². The fourth-order valence-corrected chi connectivity index (χ4v) is 2.89. The highest BCUT2D eigenvalue weighted by molar-refractivity contribution is 5.93. The molecule has 0 bridgehead atoms. The molecule has 1 aromatic heterocycles. The molecule has 1 aliphatic rings. The van der Waals surface area contributed by atoms with Gasteiger partial charge in [0.15, 0.2) is 0 Å². The summed E-state index contributed by atoms with van der Waals surface area (Å²) >= 11 is 0. The third-order valence-corrected chi connectivity index (χ3v) is 4.27. The third kappa shape index (κ3) is 2.74. The number of piperidine rings is 1. The van der Waals surface area contributed by atoms with Crippen molar-refractivity contribution >= 4 is 16.9 Å². The van der Waals surface area contributed by atoms with Gasteiger partial charge in [0.2, 0.25) is 0 Å². The number of carbonyl (C=O) groups excluding carboxylic acids is 1. The van der Waals surface area contributed by atoms with Crippen molar-refractivity contribution < 1.29 is 4.79 Å². The predicted molar refractivity (Wildman–Crippen MR) is 81.8 cm³/mol. The molecule has 0 radical (unpaired) electrons. The van der Waals surface area contributed by atoms with E-state index in [9.17, 15) is 4.79 Å². The molecule has 1 aliphatic heterocycles. The minimum Gasteiger partial charge on any atom is -0.337 e. The molecule has 0 aliphatic carbocycles. The summed E-state index contributed by atoms with van der Waals surface area (Å²) in [6.07, 6.45) is 3.42. The molecule has 1 saturated heterocycles. The van der Waals surface area contributed by atoms with Crippen molar-refractivity contribution in [3.63, 3.8) is 0 Å². The van der Waals surface area contributed by atoms with E-state index in [1.165, 1.54) is 0 Å². The number of amides is 1. The van der Waals surface area contributed by atoms with Crippen LogP contribution in [0.4, 0.5) is 0 Å². The van der Waals surface area contributed by atoms with Gasteiger partial charge >= 0.3 is 0 Å². The Kier molecular flexibility index (Phi) is 3.84. The number of likely N-dealkylation sites (tertiary alicyclic amines) is 1. The first-order valence-corrected chi connectivity index (χ1v) is 7.45. The third-order valence-electron chi connectivity index (χ3n) is 4.27. The molecule has 2 aromatic rings. The van der Waals surface area contributed by atoms with Crippen LogP contribution in [0.1, 0.15) is 30.3 Å². The number of carbonyl (C=O) groups is 1. The average Bonchev–Trinajstić information content (AvgIpc) is 2.54. The predicted octanol–water partition coefficient (Wildman–Crippen LogP) is 1.83. The topological polar surface area (TPSA) is 72.1 Å². The Bertz CT molecular complexity index is 658. The van der Waals surface area contributed by atoms with E-state index in [0.717, 1.165) is 23.9 Å². The zero-order valence-corrected chi connectivity index (χ0v) is 12.2. The van der Waals surface area contributed by atoms with Gasteiger partial charge in [0.05, 0.1) is 17.2 Å². The number of nitrogens with zero attached hydrogens (tertiary/aromatic N) is 3. The Morgan fingerprint density at radius 3 is 2.90 bits per heavy atom. The van der Waals surface area contributed by atoms with Gasteiger partial charge in [0.25, 0.3) is 5.91 Å². The maximum atomic E-state index is 12.6. The molecular weight excluding hydrogens is 264 g/mol. The van der Waals surface area contributed by atoms with E-state index in [1.807, 2.05) is 29.2 Å². The number of hydrogen-bond acceptors (Lipinski definition) is 4. The van der Waals surface area contributed by atoms with Crippen LogP contribution in [0.25, 0.3) is 11.0 Å². The number of rotatable bonds is 2. The number of aromatic nitrogens is 2. The van der Waals surface area contributed by atoms with Gasteiger partial charge in [-0.1, -0.05) is 25.5 Å². The van der Waals surface area contributed by atoms with Gasteiger partial charge in [-0.15, -0.1) is 0 Å². The smallest absolute Gasteiger partial charge is 0.274 e. The molecule has 2 atom stereocenters. The lowest BCUT2D eigenvalue weighted by Gasteiger charge is -2.36. The molecule has 110 valence electrons. The van der Waals surface area contributed by atoms with Crippen LogP contribution >= 0.6 is 0 Å². The fourth-order valence-electron chi connectivity index (χ4n) is 2.89. The fraction of sp³-hybridized carbons (Fsp3) is 0.438. The van der Waals surface area contributed by atoms with Crippen molar-refractivity contribution in [2.75, 3.05) is 13.1 Å². The highest BCUT2D eigenvalue weighted by Gasteiger charge is 2.29. The van der Waals surface area contributed by atoms with Gasteiger partial charge in [0, 0.05) is 19.1 Å². The monoisotopic (exact) mass is 284 g/mol. The van der Waals surface area contributed by atoms with Gasteiger partial charge in [0.1, 0.15) is 5.69 Å². The normalized spacial score (nSPS) is 22.5. The van der Waals surface area contributed by atoms with E-state index in [-0.39, 0.29) is 11.9 Å². The number of nitrogens with two attached hydrogens (primary N) is 1. The van der Waals surface area contributed by atoms with E-state index >= 15 is 0 Å². The van der Waals surface area contributed by atoms with E-state index < -0.39 is 0 Å². The highest BCUT2D eigenvalue weighted by atomic mass is 16.2. The maximum Gasteiger partial charge on any atom is 0.274 e. The zero-order chi connectivity index (χ0) is 14.8. The molecule has 21 heavy (non-hydrogen) atoms.